The van der Waals surface area contributed by atoms with Crippen LogP contribution in [0.5, 0.6) is 0 Å². The summed E-state index contributed by atoms with van der Waals surface area (Å²) in [6.45, 7) is 10.0. The van der Waals surface area contributed by atoms with Crippen LogP contribution in [0.2, 0.25) is 0 Å². The lowest BCUT2D eigenvalue weighted by atomic mass is 10.1. The summed E-state index contributed by atoms with van der Waals surface area (Å²) in [7, 11) is 0. The molecular formula is C59H48N6O2. The van der Waals surface area contributed by atoms with Gasteiger partial charge in [-0.15, -0.1) is 0 Å². The van der Waals surface area contributed by atoms with E-state index in [1.807, 2.05) is 140 Å². The van der Waals surface area contributed by atoms with Crippen molar-refractivity contribution in [2.45, 2.75) is 20.8 Å². The van der Waals surface area contributed by atoms with Gasteiger partial charge < -0.3 is 9.80 Å². The molecule has 0 aliphatic rings. The third kappa shape index (κ3) is 7.91. The Balaban J connectivity index is 1.00. The Morgan fingerprint density at radius 2 is 0.687 bits per heavy atom. The zero-order chi connectivity index (χ0) is 46.0. The Hall–Kier alpha value is -8.88. The number of benzene rings is 8. The van der Waals surface area contributed by atoms with E-state index < -0.39 is 0 Å². The Kier molecular flexibility index (Phi) is 11.3. The molecule has 2 aromatic heterocycles. The third-order valence-corrected chi connectivity index (χ3v) is 12.2. The summed E-state index contributed by atoms with van der Waals surface area (Å²) in [5.74, 6) is 0. The van der Waals surface area contributed by atoms with Gasteiger partial charge in [0, 0.05) is 39.8 Å². The summed E-state index contributed by atoms with van der Waals surface area (Å²) >= 11 is 0. The highest BCUT2D eigenvalue weighted by Gasteiger charge is 2.21. The molecule has 67 heavy (non-hydrogen) atoms. The summed E-state index contributed by atoms with van der Waals surface area (Å²) in [4.78, 5) is 33.7. The first kappa shape index (κ1) is 42.1. The van der Waals surface area contributed by atoms with Gasteiger partial charge >= 0.3 is 11.4 Å². The molecule has 8 heteroatoms. The molecule has 0 amide bonds. The van der Waals surface area contributed by atoms with Crippen molar-refractivity contribution < 1.29 is 0 Å². The van der Waals surface area contributed by atoms with Crippen molar-refractivity contribution in [3.63, 3.8) is 0 Å². The highest BCUT2D eigenvalue weighted by atomic mass is 16.2. The number of para-hydroxylation sites is 4. The molecule has 10 rings (SSSR count). The molecule has 0 spiro atoms. The van der Waals surface area contributed by atoms with Crippen LogP contribution in [0.4, 0.5) is 34.1 Å². The first-order valence-electron chi connectivity index (χ1n) is 22.3. The van der Waals surface area contributed by atoms with Crippen molar-refractivity contribution in [2.75, 3.05) is 9.80 Å². The molecular weight excluding hydrogens is 825 g/mol. The first-order chi connectivity index (χ1) is 32.8. The van der Waals surface area contributed by atoms with E-state index in [1.165, 1.54) is 11.1 Å². The number of nitrogens with zero attached hydrogens (tertiary/aromatic N) is 6. The molecule has 326 valence electrons. The number of hydrogen-bond acceptors (Lipinski definition) is 4. The fourth-order valence-electron chi connectivity index (χ4n) is 8.87. The van der Waals surface area contributed by atoms with Gasteiger partial charge in [-0.25, -0.2) is 9.59 Å². The molecule has 0 bridgehead atoms. The third-order valence-electron chi connectivity index (χ3n) is 12.2. The maximum absolute atomic E-state index is 14.6. The summed E-state index contributed by atoms with van der Waals surface area (Å²) in [6, 6.07) is 69.0. The van der Waals surface area contributed by atoms with Crippen molar-refractivity contribution in [2.24, 2.45) is 0 Å². The van der Waals surface area contributed by atoms with Crippen LogP contribution in [0.3, 0.4) is 0 Å². The van der Waals surface area contributed by atoms with E-state index in [0.717, 1.165) is 67.9 Å². The molecule has 0 unspecified atom stereocenters. The maximum Gasteiger partial charge on any atom is 0.338 e. The van der Waals surface area contributed by atoms with Crippen molar-refractivity contribution in [1.82, 2.24) is 18.3 Å². The predicted molar refractivity (Wildman–Crippen MR) is 277 cm³/mol. The minimum Gasteiger partial charge on any atom is -0.311 e. The lowest BCUT2D eigenvalue weighted by Crippen LogP contribution is -2.23. The Morgan fingerprint density at radius 3 is 1.09 bits per heavy atom. The average Bonchev–Trinajstić information content (AvgIpc) is 3.80. The van der Waals surface area contributed by atoms with Gasteiger partial charge in [-0.2, -0.15) is 0 Å². The molecule has 0 aliphatic carbocycles. The van der Waals surface area contributed by atoms with Crippen LogP contribution >= 0.6 is 0 Å². The summed E-state index contributed by atoms with van der Waals surface area (Å²) in [5.41, 5.74) is 13.9. The van der Waals surface area contributed by atoms with Crippen LogP contribution < -0.4 is 21.2 Å². The van der Waals surface area contributed by atoms with E-state index in [2.05, 4.69) is 115 Å². The van der Waals surface area contributed by atoms with Gasteiger partial charge in [-0.1, -0.05) is 103 Å². The summed E-state index contributed by atoms with van der Waals surface area (Å²) < 4.78 is 6.92. The van der Waals surface area contributed by atoms with Gasteiger partial charge in [-0.3, -0.25) is 18.3 Å². The number of imidazole rings is 2. The Labute approximate surface area is 389 Å². The second kappa shape index (κ2) is 17.9. The molecule has 8 aromatic carbocycles. The molecule has 8 nitrogen and oxygen atoms in total. The van der Waals surface area contributed by atoms with E-state index in [-0.39, 0.29) is 11.4 Å². The number of hydrogen-bond donors (Lipinski definition) is 0. The van der Waals surface area contributed by atoms with Crippen molar-refractivity contribution in [3.05, 3.63) is 268 Å². The predicted octanol–water partition coefficient (Wildman–Crippen LogP) is 13.8. The molecule has 0 atom stereocenters. The monoisotopic (exact) mass is 872 g/mol. The SMILES string of the molecule is C=C/C=C\c1c(C)n(-c2ccc(N(c3ccccc3)c3ccc(C)cc3)cc2)c(=O)n1-c1ccc(-n2c(=O)n(-c3ccc(N(c4ccccc4)c4ccc(C)cc4)cc3)c3ccccc32)cc1. The van der Waals surface area contributed by atoms with Crippen LogP contribution in [0.1, 0.15) is 22.5 Å². The second-order valence-electron chi connectivity index (χ2n) is 16.5. The van der Waals surface area contributed by atoms with Crippen molar-refractivity contribution in [1.29, 1.82) is 0 Å². The van der Waals surface area contributed by atoms with E-state index in [1.54, 1.807) is 24.3 Å². The van der Waals surface area contributed by atoms with Crippen molar-refractivity contribution in [3.8, 4) is 22.7 Å². The fraction of sp³-hybridized carbons (Fsp3) is 0.0508. The van der Waals surface area contributed by atoms with Crippen molar-refractivity contribution >= 4 is 51.2 Å². The Morgan fingerprint density at radius 1 is 0.373 bits per heavy atom. The standard InChI is InChI=1S/C59H48N6O2/c1-5-6-19-55-44(4)60(47-30-32-50(33-31-47)61(45-15-9-7-10-16-45)48-26-22-42(2)23-27-48)58(66)63(55)52-38-40-54(41-39-52)65-57-21-14-13-20-56(57)64(59(65)67)53-36-34-51(35-37-53)62(46-17-11-8-12-18-46)49-28-24-43(3)25-29-49/h5-41H,1H2,2-4H3/b19-6-. The zero-order valence-corrected chi connectivity index (χ0v) is 37.6. The number of aromatic nitrogens is 4. The highest BCUT2D eigenvalue weighted by Crippen LogP contribution is 2.37. The number of allylic oxidation sites excluding steroid dienone is 2. The van der Waals surface area contributed by atoms with E-state index in [0.29, 0.717) is 11.4 Å². The maximum atomic E-state index is 14.6. The normalized spacial score (nSPS) is 11.3. The minimum atomic E-state index is -0.217. The number of aryl methyl sites for hydroxylation is 2. The molecule has 0 saturated carbocycles. The quantitative estimate of drug-likeness (QED) is 0.115. The van der Waals surface area contributed by atoms with Crippen LogP contribution in [-0.2, 0) is 0 Å². The molecule has 0 N–H and O–H groups in total. The molecule has 0 saturated heterocycles. The minimum absolute atomic E-state index is 0.203. The fourth-order valence-corrected chi connectivity index (χ4v) is 8.87. The number of fused-ring (bicyclic) bond motifs is 1. The van der Waals surface area contributed by atoms with Gasteiger partial charge in [-0.05, 0) is 160 Å². The summed E-state index contributed by atoms with van der Waals surface area (Å²) in [6.07, 6.45) is 5.44. The lowest BCUT2D eigenvalue weighted by molar-refractivity contribution is 0.891. The summed E-state index contributed by atoms with van der Waals surface area (Å²) in [5, 5.41) is 0. The zero-order valence-electron chi connectivity index (χ0n) is 37.6. The van der Waals surface area contributed by atoms with E-state index >= 15 is 0 Å². The molecule has 10 aromatic rings. The largest absolute Gasteiger partial charge is 0.338 e. The molecule has 0 aliphatic heterocycles. The van der Waals surface area contributed by atoms with Gasteiger partial charge in [0.2, 0.25) is 0 Å². The van der Waals surface area contributed by atoms with Gasteiger partial charge in [0.25, 0.3) is 0 Å². The van der Waals surface area contributed by atoms with Crippen LogP contribution in [0.15, 0.2) is 235 Å². The van der Waals surface area contributed by atoms with Crippen LogP contribution in [-0.4, -0.2) is 18.3 Å². The van der Waals surface area contributed by atoms with Gasteiger partial charge in [0.15, 0.2) is 0 Å². The van der Waals surface area contributed by atoms with Gasteiger partial charge in [0.1, 0.15) is 0 Å². The van der Waals surface area contributed by atoms with Gasteiger partial charge in [0.05, 0.1) is 39.5 Å². The second-order valence-corrected chi connectivity index (χ2v) is 16.5. The highest BCUT2D eigenvalue weighted by molar-refractivity contribution is 5.82. The van der Waals surface area contributed by atoms with E-state index in [9.17, 15) is 9.59 Å². The average molecular weight is 873 g/mol. The molecule has 2 heterocycles. The molecule has 0 radical (unpaired) electrons. The first-order valence-corrected chi connectivity index (χ1v) is 22.3. The Bertz CT molecular complexity index is 3510. The smallest absolute Gasteiger partial charge is 0.311 e. The van der Waals surface area contributed by atoms with Crippen LogP contribution in [0, 0.1) is 20.8 Å². The topological polar surface area (TPSA) is 60.3 Å². The number of anilines is 6. The lowest BCUT2D eigenvalue weighted by Gasteiger charge is -2.25. The molecule has 0 fully saturated rings. The number of rotatable bonds is 12. The van der Waals surface area contributed by atoms with Crippen LogP contribution in [0.25, 0.3) is 39.9 Å². The van der Waals surface area contributed by atoms with E-state index in [4.69, 9.17) is 0 Å².